The minimum Gasteiger partial charge on any atom is -0.478 e. The first-order valence-electron chi connectivity index (χ1n) is 12.1. The monoisotopic (exact) mass is 418 g/mol. The van der Waals surface area contributed by atoms with Gasteiger partial charge in [-0.05, 0) is 6.42 Å². The number of benzene rings is 1. The van der Waals surface area contributed by atoms with Gasteiger partial charge in [-0.2, -0.15) is 0 Å². The van der Waals surface area contributed by atoms with E-state index in [0.717, 1.165) is 19.3 Å². The number of ether oxygens (including phenoxy) is 1. The summed E-state index contributed by atoms with van der Waals surface area (Å²) in [4.78, 5) is 23.4. The van der Waals surface area contributed by atoms with Gasteiger partial charge in [-0.1, -0.05) is 127 Å². The van der Waals surface area contributed by atoms with E-state index in [1.807, 2.05) is 0 Å². The van der Waals surface area contributed by atoms with Crippen LogP contribution in [0.3, 0.4) is 0 Å². The Hall–Kier alpha value is -1.84. The maximum atomic E-state index is 12.0. The van der Waals surface area contributed by atoms with Crippen LogP contribution in [0.15, 0.2) is 30.3 Å². The molecule has 0 spiro atoms. The Morgan fingerprint density at radius 3 is 1.60 bits per heavy atom. The Morgan fingerprint density at radius 1 is 0.733 bits per heavy atom. The number of carboxylic acids is 1. The number of aliphatic carboxylic acids is 1. The maximum absolute atomic E-state index is 12.0. The smallest absolute Gasteiger partial charge is 0.349 e. The molecule has 0 amide bonds. The average molecular weight is 419 g/mol. The van der Waals surface area contributed by atoms with Crippen molar-refractivity contribution in [2.45, 2.75) is 116 Å². The molecule has 0 bridgehead atoms. The fourth-order valence-electron chi connectivity index (χ4n) is 3.72. The van der Waals surface area contributed by atoms with Crippen molar-refractivity contribution >= 4 is 11.9 Å². The largest absolute Gasteiger partial charge is 0.478 e. The number of carbonyl (C=O) groups is 2. The number of esters is 1. The Morgan fingerprint density at radius 2 is 1.17 bits per heavy atom. The van der Waals surface area contributed by atoms with E-state index in [1.165, 1.54) is 77.0 Å². The molecule has 0 radical (unpaired) electrons. The lowest BCUT2D eigenvalue weighted by molar-refractivity contribution is -0.164. The molecule has 0 saturated heterocycles. The van der Waals surface area contributed by atoms with Crippen molar-refractivity contribution in [2.24, 2.45) is 0 Å². The van der Waals surface area contributed by atoms with Gasteiger partial charge in [0.05, 0.1) is 0 Å². The molecule has 1 aromatic rings. The zero-order chi connectivity index (χ0) is 21.9. The molecule has 1 atom stereocenters. The zero-order valence-corrected chi connectivity index (χ0v) is 18.9. The van der Waals surface area contributed by atoms with Crippen molar-refractivity contribution in [1.29, 1.82) is 0 Å². The lowest BCUT2D eigenvalue weighted by atomic mass is 10.0. The van der Waals surface area contributed by atoms with Crippen molar-refractivity contribution < 1.29 is 19.4 Å². The summed E-state index contributed by atoms with van der Waals surface area (Å²) in [5.74, 6) is -1.56. The summed E-state index contributed by atoms with van der Waals surface area (Å²) < 4.78 is 5.18. The van der Waals surface area contributed by atoms with Gasteiger partial charge < -0.3 is 9.84 Å². The molecule has 0 saturated carbocycles. The SMILES string of the molecule is CCCCCCCCCCCCCCCCCC(=O)OC(C(=O)O)c1ccccc1. The van der Waals surface area contributed by atoms with Gasteiger partial charge >= 0.3 is 11.9 Å². The summed E-state index contributed by atoms with van der Waals surface area (Å²) in [5.41, 5.74) is 0.495. The van der Waals surface area contributed by atoms with Crippen LogP contribution in [0.1, 0.15) is 121 Å². The minimum atomic E-state index is -1.21. The van der Waals surface area contributed by atoms with E-state index in [9.17, 15) is 14.7 Å². The third-order valence-corrected chi connectivity index (χ3v) is 5.56. The van der Waals surface area contributed by atoms with Crippen LogP contribution < -0.4 is 0 Å². The van der Waals surface area contributed by atoms with Gasteiger partial charge in [0.25, 0.3) is 0 Å². The van der Waals surface area contributed by atoms with Gasteiger partial charge in [0.15, 0.2) is 0 Å². The number of carbonyl (C=O) groups excluding carboxylic acids is 1. The highest BCUT2D eigenvalue weighted by atomic mass is 16.6. The summed E-state index contributed by atoms with van der Waals surface area (Å²) in [5, 5.41) is 9.30. The Labute approximate surface area is 183 Å². The van der Waals surface area contributed by atoms with Crippen LogP contribution in [0, 0.1) is 0 Å². The van der Waals surface area contributed by atoms with Gasteiger partial charge in [-0.15, -0.1) is 0 Å². The average Bonchev–Trinajstić information content (AvgIpc) is 2.75. The number of hydrogen-bond donors (Lipinski definition) is 1. The van der Waals surface area contributed by atoms with E-state index >= 15 is 0 Å². The number of hydrogen-bond acceptors (Lipinski definition) is 3. The zero-order valence-electron chi connectivity index (χ0n) is 18.9. The summed E-state index contributed by atoms with van der Waals surface area (Å²) in [7, 11) is 0. The first kappa shape index (κ1) is 26.2. The molecule has 1 unspecified atom stereocenters. The van der Waals surface area contributed by atoms with Crippen molar-refractivity contribution in [3.05, 3.63) is 35.9 Å². The Kier molecular flexibility index (Phi) is 15.7. The molecule has 1 rings (SSSR count). The molecule has 30 heavy (non-hydrogen) atoms. The summed E-state index contributed by atoms with van der Waals surface area (Å²) in [6.07, 6.45) is 18.2. The van der Waals surface area contributed by atoms with Crippen LogP contribution in [-0.4, -0.2) is 17.0 Å². The molecular formula is C26H42O4. The van der Waals surface area contributed by atoms with E-state index in [4.69, 9.17) is 4.74 Å². The number of rotatable bonds is 19. The van der Waals surface area contributed by atoms with E-state index < -0.39 is 18.0 Å². The van der Waals surface area contributed by atoms with E-state index in [1.54, 1.807) is 30.3 Å². The molecule has 0 aromatic heterocycles. The molecule has 0 heterocycles. The standard InChI is InChI=1S/C26H42O4/c1-2-3-4-5-6-7-8-9-10-11-12-13-14-15-19-22-24(27)30-25(26(28)29)23-20-17-16-18-21-23/h16-18,20-21,25H,2-15,19,22H2,1H3,(H,28,29). The van der Waals surface area contributed by atoms with Crippen LogP contribution in [0.5, 0.6) is 0 Å². The van der Waals surface area contributed by atoms with Crippen LogP contribution in [0.2, 0.25) is 0 Å². The second-order valence-corrected chi connectivity index (χ2v) is 8.32. The quantitative estimate of drug-likeness (QED) is 0.185. The molecule has 0 fully saturated rings. The second kappa shape index (κ2) is 18.0. The summed E-state index contributed by atoms with van der Waals surface area (Å²) >= 11 is 0. The number of unbranched alkanes of at least 4 members (excludes halogenated alkanes) is 14. The van der Waals surface area contributed by atoms with Gasteiger partial charge in [-0.25, -0.2) is 4.79 Å². The highest BCUT2D eigenvalue weighted by Crippen LogP contribution is 2.19. The van der Waals surface area contributed by atoms with Crippen molar-refractivity contribution in [1.82, 2.24) is 0 Å². The van der Waals surface area contributed by atoms with E-state index in [0.29, 0.717) is 5.56 Å². The topological polar surface area (TPSA) is 63.6 Å². The molecule has 0 aliphatic carbocycles. The van der Waals surface area contributed by atoms with Crippen LogP contribution >= 0.6 is 0 Å². The van der Waals surface area contributed by atoms with Crippen molar-refractivity contribution in [3.8, 4) is 0 Å². The fourth-order valence-corrected chi connectivity index (χ4v) is 3.72. The highest BCUT2D eigenvalue weighted by Gasteiger charge is 2.23. The van der Waals surface area contributed by atoms with Crippen LogP contribution in [0.25, 0.3) is 0 Å². The summed E-state index contributed by atoms with van der Waals surface area (Å²) in [6.45, 7) is 2.26. The lowest BCUT2D eigenvalue weighted by Crippen LogP contribution is -2.19. The molecule has 1 N–H and O–H groups in total. The molecule has 170 valence electrons. The predicted molar refractivity (Wildman–Crippen MR) is 122 cm³/mol. The molecule has 4 heteroatoms. The minimum absolute atomic E-state index is 0.287. The lowest BCUT2D eigenvalue weighted by Gasteiger charge is -2.14. The second-order valence-electron chi connectivity index (χ2n) is 8.32. The van der Waals surface area contributed by atoms with E-state index in [-0.39, 0.29) is 6.42 Å². The third kappa shape index (κ3) is 13.4. The number of carboxylic acid groups (broad SMARTS) is 1. The molecule has 0 aliphatic rings. The third-order valence-electron chi connectivity index (χ3n) is 5.56. The first-order chi connectivity index (χ1) is 14.6. The molecular weight excluding hydrogens is 376 g/mol. The predicted octanol–water partition coefficient (Wildman–Crippen LogP) is 7.62. The normalized spacial score (nSPS) is 11.9. The Balaban J connectivity index is 1.95. The first-order valence-corrected chi connectivity index (χ1v) is 12.1. The summed E-state index contributed by atoms with van der Waals surface area (Å²) in [6, 6.07) is 8.63. The van der Waals surface area contributed by atoms with Gasteiger partial charge in [-0.3, -0.25) is 4.79 Å². The fraction of sp³-hybridized carbons (Fsp3) is 0.692. The van der Waals surface area contributed by atoms with Gasteiger partial charge in [0, 0.05) is 12.0 Å². The van der Waals surface area contributed by atoms with E-state index in [2.05, 4.69) is 6.92 Å². The Bertz CT molecular complexity index is 555. The van der Waals surface area contributed by atoms with Crippen molar-refractivity contribution in [3.63, 3.8) is 0 Å². The van der Waals surface area contributed by atoms with Gasteiger partial charge in [0.1, 0.15) is 0 Å². The molecule has 1 aromatic carbocycles. The van der Waals surface area contributed by atoms with Crippen molar-refractivity contribution in [2.75, 3.05) is 0 Å². The van der Waals surface area contributed by atoms with Gasteiger partial charge in [0.2, 0.25) is 6.10 Å². The molecule has 4 nitrogen and oxygen atoms in total. The van der Waals surface area contributed by atoms with Crippen LogP contribution in [-0.2, 0) is 14.3 Å². The maximum Gasteiger partial charge on any atom is 0.349 e. The molecule has 0 aliphatic heterocycles. The van der Waals surface area contributed by atoms with Crippen LogP contribution in [0.4, 0.5) is 0 Å². The highest BCUT2D eigenvalue weighted by molar-refractivity contribution is 5.79.